The van der Waals surface area contributed by atoms with Crippen molar-refractivity contribution in [1.29, 1.82) is 0 Å². The number of rotatable bonds is 6. The number of piperazine rings is 1. The maximum Gasteiger partial charge on any atom is 0.253 e. The molecule has 0 spiro atoms. The molecular formula is C17H24N4O3. The molecule has 1 aliphatic heterocycles. The number of carbonyl (C=O) groups is 3. The molecule has 3 amide bonds. The summed E-state index contributed by atoms with van der Waals surface area (Å²) in [6, 6.07) is 9.23. The van der Waals surface area contributed by atoms with E-state index in [0.717, 1.165) is 0 Å². The molecule has 0 aromatic heterocycles. The van der Waals surface area contributed by atoms with Crippen molar-refractivity contribution in [3.8, 4) is 0 Å². The van der Waals surface area contributed by atoms with Crippen molar-refractivity contribution in [3.63, 3.8) is 0 Å². The average Bonchev–Trinajstić information content (AvgIpc) is 2.59. The molecule has 1 aliphatic rings. The van der Waals surface area contributed by atoms with Gasteiger partial charge in [0.25, 0.3) is 5.91 Å². The Bertz CT molecular complexity index is 568. The highest BCUT2D eigenvalue weighted by atomic mass is 16.2. The molecule has 1 aromatic carbocycles. The van der Waals surface area contributed by atoms with Gasteiger partial charge in [-0.25, -0.2) is 0 Å². The van der Waals surface area contributed by atoms with Gasteiger partial charge >= 0.3 is 0 Å². The van der Waals surface area contributed by atoms with Crippen molar-refractivity contribution in [2.75, 3.05) is 45.8 Å². The maximum absolute atomic E-state index is 12.4. The molecule has 7 heteroatoms. The second-order valence-electron chi connectivity index (χ2n) is 5.77. The highest BCUT2D eigenvalue weighted by Crippen LogP contribution is 2.08. The first-order valence-electron chi connectivity index (χ1n) is 8.14. The normalized spacial score (nSPS) is 15.0. The molecule has 1 aromatic rings. The minimum absolute atomic E-state index is 0.0370. The van der Waals surface area contributed by atoms with Gasteiger partial charge in [-0.05, 0) is 12.1 Å². The van der Waals surface area contributed by atoms with Crippen molar-refractivity contribution in [3.05, 3.63) is 35.9 Å². The summed E-state index contributed by atoms with van der Waals surface area (Å²) in [5.41, 5.74) is 0.696. The first kappa shape index (κ1) is 17.9. The van der Waals surface area contributed by atoms with E-state index in [1.54, 1.807) is 0 Å². The lowest BCUT2D eigenvalue weighted by Crippen LogP contribution is -2.51. The molecule has 2 N–H and O–H groups in total. The fourth-order valence-electron chi connectivity index (χ4n) is 2.57. The third-order valence-corrected chi connectivity index (χ3v) is 3.87. The second kappa shape index (κ2) is 9.02. The summed E-state index contributed by atoms with van der Waals surface area (Å²) in [6.45, 7) is 5.20. The monoisotopic (exact) mass is 332 g/mol. The molecule has 0 radical (unpaired) electrons. The lowest BCUT2D eigenvalue weighted by molar-refractivity contribution is -0.123. The minimum Gasteiger partial charge on any atom is -0.355 e. The summed E-state index contributed by atoms with van der Waals surface area (Å²) in [5.74, 6) is -0.137. The smallest absolute Gasteiger partial charge is 0.253 e. The zero-order chi connectivity index (χ0) is 17.4. The summed E-state index contributed by atoms with van der Waals surface area (Å²) in [4.78, 5) is 38.8. The van der Waals surface area contributed by atoms with Crippen molar-refractivity contribution in [1.82, 2.24) is 20.4 Å². The Balaban J connectivity index is 1.68. The molecule has 1 heterocycles. The van der Waals surface area contributed by atoms with Crippen molar-refractivity contribution < 1.29 is 14.4 Å². The number of carbonyl (C=O) groups excluding carboxylic acids is 3. The number of amides is 3. The molecule has 0 saturated carbocycles. The second-order valence-corrected chi connectivity index (χ2v) is 5.77. The third kappa shape index (κ3) is 5.66. The summed E-state index contributed by atoms with van der Waals surface area (Å²) < 4.78 is 0. The Morgan fingerprint density at radius 3 is 2.21 bits per heavy atom. The zero-order valence-corrected chi connectivity index (χ0v) is 14.0. The van der Waals surface area contributed by atoms with E-state index >= 15 is 0 Å². The molecule has 7 nitrogen and oxygen atoms in total. The average molecular weight is 332 g/mol. The molecule has 0 unspecified atom stereocenters. The highest BCUT2D eigenvalue weighted by Gasteiger charge is 2.22. The van der Waals surface area contributed by atoms with E-state index in [9.17, 15) is 14.4 Å². The van der Waals surface area contributed by atoms with Gasteiger partial charge in [0, 0.05) is 51.8 Å². The van der Waals surface area contributed by atoms with Crippen LogP contribution in [-0.2, 0) is 9.59 Å². The van der Waals surface area contributed by atoms with Crippen LogP contribution in [0.25, 0.3) is 0 Å². The predicted octanol–water partition coefficient (Wildman–Crippen LogP) is -0.303. The topological polar surface area (TPSA) is 81.8 Å². The Kier molecular flexibility index (Phi) is 6.74. The van der Waals surface area contributed by atoms with E-state index < -0.39 is 0 Å². The quantitative estimate of drug-likeness (QED) is 0.701. The van der Waals surface area contributed by atoms with Crippen LogP contribution in [0, 0.1) is 0 Å². The van der Waals surface area contributed by atoms with Crippen LogP contribution in [-0.4, -0.2) is 73.3 Å². The van der Waals surface area contributed by atoms with Gasteiger partial charge in [-0.15, -0.1) is 0 Å². The van der Waals surface area contributed by atoms with Gasteiger partial charge in [-0.1, -0.05) is 18.2 Å². The number of hydrogen-bond acceptors (Lipinski definition) is 4. The first-order chi connectivity index (χ1) is 11.6. The minimum atomic E-state index is -0.108. The lowest BCUT2D eigenvalue weighted by Gasteiger charge is -2.34. The van der Waals surface area contributed by atoms with E-state index in [1.165, 1.54) is 6.92 Å². The summed E-state index contributed by atoms with van der Waals surface area (Å²) in [6.07, 6.45) is 0. The summed E-state index contributed by atoms with van der Waals surface area (Å²) in [7, 11) is 0. The highest BCUT2D eigenvalue weighted by molar-refractivity contribution is 5.94. The fraction of sp³-hybridized carbons (Fsp3) is 0.471. The van der Waals surface area contributed by atoms with Crippen LogP contribution in [0.15, 0.2) is 30.3 Å². The Morgan fingerprint density at radius 1 is 0.958 bits per heavy atom. The van der Waals surface area contributed by atoms with E-state index in [0.29, 0.717) is 51.4 Å². The molecule has 24 heavy (non-hydrogen) atoms. The van der Waals surface area contributed by atoms with Crippen LogP contribution in [0.4, 0.5) is 0 Å². The van der Waals surface area contributed by atoms with E-state index in [4.69, 9.17) is 0 Å². The summed E-state index contributed by atoms with van der Waals surface area (Å²) >= 11 is 0. The van der Waals surface area contributed by atoms with Crippen molar-refractivity contribution >= 4 is 17.7 Å². The van der Waals surface area contributed by atoms with Gasteiger partial charge in [-0.2, -0.15) is 0 Å². The Hall–Kier alpha value is -2.41. The molecule has 0 bridgehead atoms. The standard InChI is InChI=1S/C17H24N4O3/c1-14(22)18-7-8-19-16(23)13-20-9-11-21(12-10-20)17(24)15-5-3-2-4-6-15/h2-6H,7-13H2,1H3,(H,18,22)(H,19,23). The van der Waals surface area contributed by atoms with E-state index in [2.05, 4.69) is 10.6 Å². The largest absolute Gasteiger partial charge is 0.355 e. The molecule has 0 atom stereocenters. The molecule has 130 valence electrons. The van der Waals surface area contributed by atoms with Crippen LogP contribution >= 0.6 is 0 Å². The summed E-state index contributed by atoms with van der Waals surface area (Å²) in [5, 5.41) is 5.40. The van der Waals surface area contributed by atoms with E-state index in [1.807, 2.05) is 40.1 Å². The number of hydrogen-bond donors (Lipinski definition) is 2. The fourth-order valence-corrected chi connectivity index (χ4v) is 2.57. The molecule has 1 fully saturated rings. The Labute approximate surface area is 142 Å². The maximum atomic E-state index is 12.4. The van der Waals surface area contributed by atoms with Gasteiger partial charge in [0.1, 0.15) is 0 Å². The zero-order valence-electron chi connectivity index (χ0n) is 14.0. The van der Waals surface area contributed by atoms with Gasteiger partial charge < -0.3 is 15.5 Å². The van der Waals surface area contributed by atoms with Crippen LogP contribution in [0.1, 0.15) is 17.3 Å². The van der Waals surface area contributed by atoms with Crippen LogP contribution in [0.2, 0.25) is 0 Å². The SMILES string of the molecule is CC(=O)NCCNC(=O)CN1CCN(C(=O)c2ccccc2)CC1. The number of benzene rings is 1. The van der Waals surface area contributed by atoms with Gasteiger partial charge in [0.05, 0.1) is 6.54 Å². The molecule has 1 saturated heterocycles. The number of nitrogens with one attached hydrogen (secondary N) is 2. The Morgan fingerprint density at radius 2 is 1.58 bits per heavy atom. The van der Waals surface area contributed by atoms with Crippen LogP contribution < -0.4 is 10.6 Å². The third-order valence-electron chi connectivity index (χ3n) is 3.87. The number of nitrogens with zero attached hydrogens (tertiary/aromatic N) is 2. The van der Waals surface area contributed by atoms with Crippen molar-refractivity contribution in [2.24, 2.45) is 0 Å². The van der Waals surface area contributed by atoms with Crippen LogP contribution in [0.3, 0.4) is 0 Å². The molecule has 2 rings (SSSR count). The lowest BCUT2D eigenvalue weighted by atomic mass is 10.2. The molecular weight excluding hydrogens is 308 g/mol. The first-order valence-corrected chi connectivity index (χ1v) is 8.14. The van der Waals surface area contributed by atoms with Gasteiger partial charge in [0.15, 0.2) is 0 Å². The van der Waals surface area contributed by atoms with E-state index in [-0.39, 0.29) is 17.7 Å². The van der Waals surface area contributed by atoms with Crippen molar-refractivity contribution in [2.45, 2.75) is 6.92 Å². The van der Waals surface area contributed by atoms with Gasteiger partial charge in [-0.3, -0.25) is 19.3 Å². The molecule has 0 aliphatic carbocycles. The predicted molar refractivity (Wildman–Crippen MR) is 90.5 cm³/mol. The van der Waals surface area contributed by atoms with Gasteiger partial charge in [0.2, 0.25) is 11.8 Å². The van der Waals surface area contributed by atoms with Crippen LogP contribution in [0.5, 0.6) is 0 Å².